The van der Waals surface area contributed by atoms with Crippen LogP contribution < -0.4 is 5.32 Å². The maximum Gasteiger partial charge on any atom is 0.225 e. The second-order valence-corrected chi connectivity index (χ2v) is 8.72. The number of amides is 2. The van der Waals surface area contributed by atoms with Crippen molar-refractivity contribution in [2.45, 2.75) is 57.9 Å². The number of piperidine rings is 2. The molecule has 3 aliphatic rings. The van der Waals surface area contributed by atoms with Crippen molar-refractivity contribution in [3.63, 3.8) is 0 Å². The van der Waals surface area contributed by atoms with Crippen LogP contribution in [-0.4, -0.2) is 60.4 Å². The Hall–Kier alpha value is -1.82. The van der Waals surface area contributed by atoms with Crippen LogP contribution in [0.1, 0.15) is 50.0 Å². The van der Waals surface area contributed by atoms with E-state index in [1.807, 2.05) is 19.1 Å². The van der Waals surface area contributed by atoms with Gasteiger partial charge < -0.3 is 14.6 Å². The first kappa shape index (κ1) is 19.5. The Balaban J connectivity index is 1.20. The molecule has 2 aliphatic heterocycles. The van der Waals surface area contributed by atoms with Crippen molar-refractivity contribution in [1.82, 2.24) is 15.1 Å². The van der Waals surface area contributed by atoms with E-state index < -0.39 is 0 Å². The number of aryl methyl sites for hydroxylation is 1. The Morgan fingerprint density at radius 3 is 2.54 bits per heavy atom. The number of furan rings is 1. The first-order chi connectivity index (χ1) is 13.6. The average molecular weight is 388 g/mol. The summed E-state index contributed by atoms with van der Waals surface area (Å²) in [5.74, 6) is 2.79. The molecule has 3 heterocycles. The molecule has 2 saturated heterocycles. The monoisotopic (exact) mass is 387 g/mol. The highest BCUT2D eigenvalue weighted by molar-refractivity contribution is 5.81. The number of nitrogens with one attached hydrogen (secondary N) is 1. The van der Waals surface area contributed by atoms with Crippen LogP contribution in [0.25, 0.3) is 0 Å². The largest absolute Gasteiger partial charge is 0.466 e. The van der Waals surface area contributed by atoms with Crippen LogP contribution in [0.3, 0.4) is 0 Å². The van der Waals surface area contributed by atoms with Gasteiger partial charge in [-0.25, -0.2) is 0 Å². The minimum Gasteiger partial charge on any atom is -0.466 e. The van der Waals surface area contributed by atoms with E-state index in [9.17, 15) is 9.59 Å². The van der Waals surface area contributed by atoms with E-state index >= 15 is 0 Å². The van der Waals surface area contributed by atoms with Gasteiger partial charge in [0.15, 0.2) is 0 Å². The van der Waals surface area contributed by atoms with E-state index in [0.29, 0.717) is 24.4 Å². The molecule has 0 spiro atoms. The van der Waals surface area contributed by atoms with Crippen molar-refractivity contribution in [3.8, 4) is 0 Å². The molecule has 1 N–H and O–H groups in total. The van der Waals surface area contributed by atoms with Gasteiger partial charge in [-0.15, -0.1) is 0 Å². The molecular formula is C22H33N3O3. The van der Waals surface area contributed by atoms with E-state index in [0.717, 1.165) is 82.6 Å². The molecule has 3 fully saturated rings. The summed E-state index contributed by atoms with van der Waals surface area (Å²) in [5.41, 5.74) is 0. The lowest BCUT2D eigenvalue weighted by molar-refractivity contribution is -0.134. The van der Waals surface area contributed by atoms with Gasteiger partial charge in [0, 0.05) is 44.6 Å². The van der Waals surface area contributed by atoms with Gasteiger partial charge in [-0.05, 0) is 64.1 Å². The molecule has 6 nitrogen and oxygen atoms in total. The fourth-order valence-electron chi connectivity index (χ4n) is 4.66. The van der Waals surface area contributed by atoms with Gasteiger partial charge in [0.2, 0.25) is 11.8 Å². The van der Waals surface area contributed by atoms with Gasteiger partial charge in [-0.3, -0.25) is 14.5 Å². The number of rotatable bonds is 6. The second kappa shape index (κ2) is 8.68. The molecule has 154 valence electrons. The van der Waals surface area contributed by atoms with Crippen LogP contribution in [0.2, 0.25) is 0 Å². The van der Waals surface area contributed by atoms with Crippen LogP contribution >= 0.6 is 0 Å². The van der Waals surface area contributed by atoms with Crippen molar-refractivity contribution in [2.75, 3.05) is 32.7 Å². The molecule has 1 aliphatic carbocycles. The lowest BCUT2D eigenvalue weighted by Gasteiger charge is -2.42. The summed E-state index contributed by atoms with van der Waals surface area (Å²) in [6.45, 7) is 6.27. The zero-order valence-corrected chi connectivity index (χ0v) is 17.0. The van der Waals surface area contributed by atoms with Gasteiger partial charge >= 0.3 is 0 Å². The first-order valence-electron chi connectivity index (χ1n) is 11.0. The van der Waals surface area contributed by atoms with Crippen molar-refractivity contribution in [2.24, 2.45) is 11.8 Å². The molecule has 0 unspecified atom stereocenters. The van der Waals surface area contributed by atoms with E-state index in [1.54, 1.807) is 0 Å². The molecule has 0 radical (unpaired) electrons. The van der Waals surface area contributed by atoms with E-state index in [4.69, 9.17) is 4.42 Å². The van der Waals surface area contributed by atoms with E-state index in [1.165, 1.54) is 0 Å². The first-order valence-corrected chi connectivity index (χ1v) is 11.0. The van der Waals surface area contributed by atoms with Crippen LogP contribution in [0.5, 0.6) is 0 Å². The third-order valence-electron chi connectivity index (χ3n) is 6.51. The SMILES string of the molecule is Cc1ccc(CCNC(=O)[C@H]2CCCN(C3CCN(C(=O)C4CC4)CC3)C2)o1. The third-order valence-corrected chi connectivity index (χ3v) is 6.51. The van der Waals surface area contributed by atoms with Gasteiger partial charge in [0.05, 0.1) is 5.92 Å². The van der Waals surface area contributed by atoms with Gasteiger partial charge in [0.25, 0.3) is 0 Å². The number of hydrogen-bond acceptors (Lipinski definition) is 4. The van der Waals surface area contributed by atoms with Crippen LogP contribution in [0.15, 0.2) is 16.5 Å². The van der Waals surface area contributed by atoms with Crippen LogP contribution in [0.4, 0.5) is 0 Å². The Morgan fingerprint density at radius 2 is 1.86 bits per heavy atom. The topological polar surface area (TPSA) is 65.8 Å². The second-order valence-electron chi connectivity index (χ2n) is 8.72. The molecule has 4 rings (SSSR count). The fraction of sp³-hybridized carbons (Fsp3) is 0.727. The summed E-state index contributed by atoms with van der Waals surface area (Å²) in [6, 6.07) is 4.45. The lowest BCUT2D eigenvalue weighted by Crippen LogP contribution is -2.51. The molecule has 1 saturated carbocycles. The zero-order chi connectivity index (χ0) is 19.5. The maximum absolute atomic E-state index is 12.6. The smallest absolute Gasteiger partial charge is 0.225 e. The van der Waals surface area contributed by atoms with Crippen molar-refractivity contribution < 1.29 is 14.0 Å². The molecule has 1 aromatic heterocycles. The fourth-order valence-corrected chi connectivity index (χ4v) is 4.66. The highest BCUT2D eigenvalue weighted by Crippen LogP contribution is 2.32. The zero-order valence-electron chi connectivity index (χ0n) is 17.0. The van der Waals surface area contributed by atoms with Crippen molar-refractivity contribution in [1.29, 1.82) is 0 Å². The molecule has 28 heavy (non-hydrogen) atoms. The maximum atomic E-state index is 12.6. The molecule has 0 bridgehead atoms. The third kappa shape index (κ3) is 4.77. The van der Waals surface area contributed by atoms with Gasteiger partial charge in [-0.2, -0.15) is 0 Å². The Bertz CT molecular complexity index is 689. The number of hydrogen-bond donors (Lipinski definition) is 1. The number of likely N-dealkylation sites (tertiary alicyclic amines) is 2. The van der Waals surface area contributed by atoms with E-state index in [-0.39, 0.29) is 11.8 Å². The van der Waals surface area contributed by atoms with Crippen LogP contribution in [0, 0.1) is 18.8 Å². The predicted molar refractivity (Wildman–Crippen MR) is 107 cm³/mol. The molecule has 1 atom stereocenters. The summed E-state index contributed by atoms with van der Waals surface area (Å²) < 4.78 is 5.56. The summed E-state index contributed by atoms with van der Waals surface area (Å²) in [4.78, 5) is 29.4. The van der Waals surface area contributed by atoms with E-state index in [2.05, 4.69) is 15.1 Å². The normalized spacial score (nSPS) is 24.3. The Kier molecular flexibility index (Phi) is 6.04. The molecule has 0 aromatic carbocycles. The quantitative estimate of drug-likeness (QED) is 0.814. The summed E-state index contributed by atoms with van der Waals surface area (Å²) >= 11 is 0. The summed E-state index contributed by atoms with van der Waals surface area (Å²) in [5, 5.41) is 3.10. The highest BCUT2D eigenvalue weighted by atomic mass is 16.3. The van der Waals surface area contributed by atoms with Gasteiger partial charge in [0.1, 0.15) is 11.5 Å². The lowest BCUT2D eigenvalue weighted by atomic mass is 9.93. The Labute approximate surface area is 167 Å². The van der Waals surface area contributed by atoms with Crippen molar-refractivity contribution in [3.05, 3.63) is 23.7 Å². The number of nitrogens with zero attached hydrogens (tertiary/aromatic N) is 2. The molecule has 2 amide bonds. The summed E-state index contributed by atoms with van der Waals surface area (Å²) in [7, 11) is 0. The summed E-state index contributed by atoms with van der Waals surface area (Å²) in [6.07, 6.45) is 7.05. The van der Waals surface area contributed by atoms with Crippen LogP contribution in [-0.2, 0) is 16.0 Å². The van der Waals surface area contributed by atoms with Gasteiger partial charge in [-0.1, -0.05) is 0 Å². The number of carbonyl (C=O) groups is 2. The molecule has 6 heteroatoms. The highest BCUT2D eigenvalue weighted by Gasteiger charge is 2.37. The van der Waals surface area contributed by atoms with Crippen molar-refractivity contribution >= 4 is 11.8 Å². The molecular weight excluding hydrogens is 354 g/mol. The minimum atomic E-state index is 0.0817. The number of carbonyl (C=O) groups excluding carboxylic acids is 2. The molecule has 1 aromatic rings. The Morgan fingerprint density at radius 1 is 1.07 bits per heavy atom. The predicted octanol–water partition coefficient (Wildman–Crippen LogP) is 2.36. The minimum absolute atomic E-state index is 0.0817. The average Bonchev–Trinajstić information content (AvgIpc) is 3.49. The standard InChI is InChI=1S/C22H33N3O3/c1-16-4-7-20(28-16)8-11-23-21(26)18-3-2-12-25(15-18)19-9-13-24(14-10-19)22(27)17-5-6-17/h4,7,17-19H,2-3,5-6,8-15H2,1H3,(H,23,26)/t18-/m0/s1.